The summed E-state index contributed by atoms with van der Waals surface area (Å²) < 4.78 is 0. The van der Waals surface area contributed by atoms with Crippen LogP contribution in [0.5, 0.6) is 0 Å². The highest BCUT2D eigenvalue weighted by atomic mass is 16.1. The average Bonchev–Trinajstić information content (AvgIpc) is 2.02. The zero-order valence-electron chi connectivity index (χ0n) is 8.97. The third-order valence-corrected chi connectivity index (χ3v) is 2.09. The Morgan fingerprint density at radius 1 is 1.31 bits per heavy atom. The SMILES string of the molecule is CC(C)CCCCNC(C)C(N)=O. The summed E-state index contributed by atoms with van der Waals surface area (Å²) in [7, 11) is 0. The monoisotopic (exact) mass is 186 g/mol. The summed E-state index contributed by atoms with van der Waals surface area (Å²) in [5, 5.41) is 3.08. The number of nitrogens with two attached hydrogens (primary N) is 1. The van der Waals surface area contributed by atoms with E-state index in [2.05, 4.69) is 19.2 Å². The number of carbonyl (C=O) groups is 1. The first-order valence-electron chi connectivity index (χ1n) is 5.06. The van der Waals surface area contributed by atoms with Gasteiger partial charge in [0, 0.05) is 0 Å². The molecule has 0 aliphatic heterocycles. The van der Waals surface area contributed by atoms with Crippen LogP contribution >= 0.6 is 0 Å². The van der Waals surface area contributed by atoms with Crippen LogP contribution in [-0.2, 0) is 4.79 Å². The molecule has 0 saturated heterocycles. The van der Waals surface area contributed by atoms with E-state index in [9.17, 15) is 4.79 Å². The molecule has 0 aliphatic carbocycles. The molecule has 3 N–H and O–H groups in total. The van der Waals surface area contributed by atoms with Crippen molar-refractivity contribution in [3.05, 3.63) is 0 Å². The van der Waals surface area contributed by atoms with E-state index < -0.39 is 0 Å². The lowest BCUT2D eigenvalue weighted by Gasteiger charge is -2.09. The lowest BCUT2D eigenvalue weighted by atomic mass is 10.1. The molecular weight excluding hydrogens is 164 g/mol. The number of rotatable bonds is 7. The van der Waals surface area contributed by atoms with Gasteiger partial charge in [0.1, 0.15) is 0 Å². The first kappa shape index (κ1) is 12.4. The van der Waals surface area contributed by atoms with Crippen LogP contribution in [0.3, 0.4) is 0 Å². The topological polar surface area (TPSA) is 55.1 Å². The summed E-state index contributed by atoms with van der Waals surface area (Å²) in [5.74, 6) is 0.498. The van der Waals surface area contributed by atoms with Crippen LogP contribution in [0.15, 0.2) is 0 Å². The summed E-state index contributed by atoms with van der Waals surface area (Å²) in [6.07, 6.45) is 3.60. The predicted molar refractivity (Wildman–Crippen MR) is 55.3 cm³/mol. The number of unbranched alkanes of at least 4 members (excludes halogenated alkanes) is 1. The molecule has 0 heterocycles. The third kappa shape index (κ3) is 7.78. The van der Waals surface area contributed by atoms with Crippen molar-refractivity contribution in [3.63, 3.8) is 0 Å². The van der Waals surface area contributed by atoms with Gasteiger partial charge in [0.25, 0.3) is 0 Å². The maximum atomic E-state index is 10.6. The number of nitrogens with one attached hydrogen (secondary N) is 1. The molecule has 0 aromatic heterocycles. The van der Waals surface area contributed by atoms with Crippen molar-refractivity contribution in [2.45, 2.75) is 46.1 Å². The maximum absolute atomic E-state index is 10.6. The van der Waals surface area contributed by atoms with E-state index in [1.54, 1.807) is 6.92 Å². The minimum Gasteiger partial charge on any atom is -0.368 e. The summed E-state index contributed by atoms with van der Waals surface area (Å²) >= 11 is 0. The Hall–Kier alpha value is -0.570. The Morgan fingerprint density at radius 2 is 1.92 bits per heavy atom. The Morgan fingerprint density at radius 3 is 2.38 bits per heavy atom. The molecule has 78 valence electrons. The molecule has 0 aromatic rings. The van der Waals surface area contributed by atoms with Gasteiger partial charge in [-0.25, -0.2) is 0 Å². The largest absolute Gasteiger partial charge is 0.368 e. The molecule has 0 fully saturated rings. The van der Waals surface area contributed by atoms with Gasteiger partial charge in [-0.15, -0.1) is 0 Å². The molecule has 0 spiro atoms. The van der Waals surface area contributed by atoms with Gasteiger partial charge in [0.2, 0.25) is 5.91 Å². The standard InChI is InChI=1S/C10H22N2O/c1-8(2)6-4-5-7-12-9(3)10(11)13/h8-9,12H,4-7H2,1-3H3,(H2,11,13). The second-order valence-corrected chi connectivity index (χ2v) is 3.97. The van der Waals surface area contributed by atoms with Gasteiger partial charge in [0.15, 0.2) is 0 Å². The zero-order chi connectivity index (χ0) is 10.3. The van der Waals surface area contributed by atoms with Gasteiger partial charge in [-0.1, -0.05) is 26.7 Å². The van der Waals surface area contributed by atoms with Crippen molar-refractivity contribution >= 4 is 5.91 Å². The second-order valence-electron chi connectivity index (χ2n) is 3.97. The molecular formula is C10H22N2O. The molecule has 0 bridgehead atoms. The predicted octanol–water partition coefficient (Wildman–Crippen LogP) is 1.28. The Balaban J connectivity index is 3.21. The summed E-state index contributed by atoms with van der Waals surface area (Å²) in [5.41, 5.74) is 5.10. The summed E-state index contributed by atoms with van der Waals surface area (Å²) in [6.45, 7) is 7.13. The van der Waals surface area contributed by atoms with Crippen molar-refractivity contribution < 1.29 is 4.79 Å². The fraction of sp³-hybridized carbons (Fsp3) is 0.900. The van der Waals surface area contributed by atoms with Gasteiger partial charge >= 0.3 is 0 Å². The van der Waals surface area contributed by atoms with Gasteiger partial charge < -0.3 is 11.1 Å². The Labute approximate surface area is 81.1 Å². The van der Waals surface area contributed by atoms with Crippen LogP contribution in [0.1, 0.15) is 40.0 Å². The van der Waals surface area contributed by atoms with Crippen LogP contribution in [0.2, 0.25) is 0 Å². The number of amides is 1. The van der Waals surface area contributed by atoms with E-state index in [0.717, 1.165) is 18.9 Å². The third-order valence-electron chi connectivity index (χ3n) is 2.09. The maximum Gasteiger partial charge on any atom is 0.234 e. The molecule has 0 aliphatic rings. The lowest BCUT2D eigenvalue weighted by Crippen LogP contribution is -2.39. The molecule has 3 nitrogen and oxygen atoms in total. The molecule has 0 radical (unpaired) electrons. The number of primary amides is 1. The van der Waals surface area contributed by atoms with E-state index >= 15 is 0 Å². The number of carbonyl (C=O) groups excluding carboxylic acids is 1. The molecule has 0 saturated carbocycles. The van der Waals surface area contributed by atoms with Crippen LogP contribution in [-0.4, -0.2) is 18.5 Å². The minimum atomic E-state index is -0.274. The number of hydrogen-bond acceptors (Lipinski definition) is 2. The van der Waals surface area contributed by atoms with E-state index in [1.165, 1.54) is 12.8 Å². The van der Waals surface area contributed by atoms with Crippen LogP contribution in [0.4, 0.5) is 0 Å². The van der Waals surface area contributed by atoms with Gasteiger partial charge in [-0.2, -0.15) is 0 Å². The molecule has 0 aromatic carbocycles. The normalized spacial score (nSPS) is 13.2. The lowest BCUT2D eigenvalue weighted by molar-refractivity contribution is -0.119. The van der Waals surface area contributed by atoms with Gasteiger partial charge in [0.05, 0.1) is 6.04 Å². The highest BCUT2D eigenvalue weighted by molar-refractivity contribution is 5.79. The summed E-state index contributed by atoms with van der Waals surface area (Å²) in [4.78, 5) is 10.6. The molecule has 3 heteroatoms. The Bertz CT molecular complexity index is 146. The highest BCUT2D eigenvalue weighted by Crippen LogP contribution is 2.05. The highest BCUT2D eigenvalue weighted by Gasteiger charge is 2.05. The van der Waals surface area contributed by atoms with Crippen LogP contribution < -0.4 is 11.1 Å². The van der Waals surface area contributed by atoms with E-state index in [-0.39, 0.29) is 11.9 Å². The average molecular weight is 186 g/mol. The molecule has 1 amide bonds. The quantitative estimate of drug-likeness (QED) is 0.588. The van der Waals surface area contributed by atoms with E-state index in [0.29, 0.717) is 0 Å². The number of hydrogen-bond donors (Lipinski definition) is 2. The summed E-state index contributed by atoms with van der Waals surface area (Å²) in [6, 6.07) is -0.195. The Kier molecular flexibility index (Phi) is 6.59. The first-order chi connectivity index (χ1) is 6.04. The zero-order valence-corrected chi connectivity index (χ0v) is 8.97. The van der Waals surface area contributed by atoms with Crippen molar-refractivity contribution in [1.29, 1.82) is 0 Å². The van der Waals surface area contributed by atoms with E-state index in [1.807, 2.05) is 0 Å². The van der Waals surface area contributed by atoms with Crippen molar-refractivity contribution in [2.75, 3.05) is 6.54 Å². The smallest absolute Gasteiger partial charge is 0.234 e. The van der Waals surface area contributed by atoms with Crippen LogP contribution in [0, 0.1) is 5.92 Å². The fourth-order valence-electron chi connectivity index (χ4n) is 1.10. The molecule has 1 unspecified atom stereocenters. The fourth-order valence-corrected chi connectivity index (χ4v) is 1.10. The second kappa shape index (κ2) is 6.89. The molecule has 13 heavy (non-hydrogen) atoms. The molecule has 1 atom stereocenters. The van der Waals surface area contributed by atoms with Gasteiger partial charge in [-0.05, 0) is 25.8 Å². The van der Waals surface area contributed by atoms with Crippen LogP contribution in [0.25, 0.3) is 0 Å². The van der Waals surface area contributed by atoms with Crippen molar-refractivity contribution in [1.82, 2.24) is 5.32 Å². The van der Waals surface area contributed by atoms with Crippen molar-refractivity contribution in [2.24, 2.45) is 11.7 Å². The molecule has 0 rings (SSSR count). The first-order valence-corrected chi connectivity index (χ1v) is 5.06. The van der Waals surface area contributed by atoms with Crippen molar-refractivity contribution in [3.8, 4) is 0 Å². The minimum absolute atomic E-state index is 0.195. The van der Waals surface area contributed by atoms with E-state index in [4.69, 9.17) is 5.73 Å². The van der Waals surface area contributed by atoms with Gasteiger partial charge in [-0.3, -0.25) is 4.79 Å².